The van der Waals surface area contributed by atoms with E-state index in [9.17, 15) is 13.2 Å². The van der Waals surface area contributed by atoms with Crippen LogP contribution in [0.1, 0.15) is 5.69 Å². The highest BCUT2D eigenvalue weighted by Crippen LogP contribution is 2.37. The van der Waals surface area contributed by atoms with Gasteiger partial charge in [0.15, 0.2) is 0 Å². The summed E-state index contributed by atoms with van der Waals surface area (Å²) in [5, 5.41) is 0. The van der Waals surface area contributed by atoms with E-state index in [-0.39, 0.29) is 12.3 Å². The van der Waals surface area contributed by atoms with Gasteiger partial charge in [-0.3, -0.25) is 0 Å². The first-order valence-corrected chi connectivity index (χ1v) is 7.70. The number of hydrogen-bond donors (Lipinski definition) is 1. The molecule has 2 aromatic rings. The molecule has 1 aromatic carbocycles. The van der Waals surface area contributed by atoms with Crippen LogP contribution < -0.4 is 15.2 Å². The summed E-state index contributed by atoms with van der Waals surface area (Å²) in [6.07, 6.45) is -4.78. The quantitative estimate of drug-likeness (QED) is 0.751. The second-order valence-corrected chi connectivity index (χ2v) is 5.72. The summed E-state index contributed by atoms with van der Waals surface area (Å²) >= 11 is 6.50. The number of methoxy groups -OCH3 is 1. The molecule has 0 fully saturated rings. The Morgan fingerprint density at radius 1 is 1.17 bits per heavy atom. The Hall–Kier alpha value is -1.39. The van der Waals surface area contributed by atoms with Crippen LogP contribution in [0.4, 0.5) is 13.2 Å². The van der Waals surface area contributed by atoms with Gasteiger partial charge in [0.25, 0.3) is 0 Å². The number of alkyl halides is 3. The minimum Gasteiger partial charge on any atom is -0.496 e. The Morgan fingerprint density at radius 2 is 1.87 bits per heavy atom. The fourth-order valence-electron chi connectivity index (χ4n) is 1.80. The van der Waals surface area contributed by atoms with E-state index in [0.29, 0.717) is 26.2 Å². The Bertz CT molecular complexity index is 726. The lowest BCUT2D eigenvalue weighted by Crippen LogP contribution is -2.17. The summed E-state index contributed by atoms with van der Waals surface area (Å²) in [7, 11) is 1.33. The smallest absolute Gasteiger partial charge is 0.496 e. The molecule has 0 aliphatic carbocycles. The fourth-order valence-corrected chi connectivity index (χ4v) is 2.94. The van der Waals surface area contributed by atoms with Gasteiger partial charge in [0.1, 0.15) is 26.4 Å². The van der Waals surface area contributed by atoms with Crippen molar-refractivity contribution in [2.75, 3.05) is 7.11 Å². The SMILES string of the molecule is COc1cc(OC(F)(F)F)ccc1-c1nc(CN)c(Br)nc1Br. The summed E-state index contributed by atoms with van der Waals surface area (Å²) in [6.45, 7) is 0.144. The molecule has 1 aromatic heterocycles. The maximum Gasteiger partial charge on any atom is 0.573 e. The standard InChI is InChI=1S/C13H10Br2F3N3O2/c1-22-9-4-6(23-13(16,17)18)2-3-7(9)10-12(15)21-11(14)8(5-19)20-10/h2-4H,5,19H2,1H3. The average molecular weight is 457 g/mol. The van der Waals surface area contributed by atoms with Crippen molar-refractivity contribution in [1.82, 2.24) is 9.97 Å². The van der Waals surface area contributed by atoms with Crippen molar-refractivity contribution >= 4 is 31.9 Å². The van der Waals surface area contributed by atoms with E-state index in [2.05, 4.69) is 46.6 Å². The summed E-state index contributed by atoms with van der Waals surface area (Å²) < 4.78 is 46.8. The molecule has 0 saturated carbocycles. The van der Waals surface area contributed by atoms with Crippen LogP contribution in [-0.4, -0.2) is 23.4 Å². The predicted octanol–water partition coefficient (Wildman–Crippen LogP) is 4.03. The van der Waals surface area contributed by atoms with Gasteiger partial charge < -0.3 is 15.2 Å². The first-order valence-electron chi connectivity index (χ1n) is 6.11. The van der Waals surface area contributed by atoms with Gasteiger partial charge in [-0.1, -0.05) is 0 Å². The van der Waals surface area contributed by atoms with Gasteiger partial charge >= 0.3 is 6.36 Å². The molecule has 0 atom stereocenters. The number of benzene rings is 1. The topological polar surface area (TPSA) is 70.3 Å². The molecule has 2 rings (SSSR count). The van der Waals surface area contributed by atoms with Gasteiger partial charge in [0.05, 0.1) is 12.8 Å². The molecule has 5 nitrogen and oxygen atoms in total. The zero-order chi connectivity index (χ0) is 17.2. The van der Waals surface area contributed by atoms with E-state index in [1.165, 1.54) is 19.2 Å². The third kappa shape index (κ3) is 4.33. The number of ether oxygens (including phenoxy) is 2. The molecule has 23 heavy (non-hydrogen) atoms. The second kappa shape index (κ2) is 7.02. The van der Waals surface area contributed by atoms with Crippen molar-refractivity contribution in [1.29, 1.82) is 0 Å². The molecule has 0 aliphatic heterocycles. The summed E-state index contributed by atoms with van der Waals surface area (Å²) in [6, 6.07) is 3.70. The highest BCUT2D eigenvalue weighted by atomic mass is 79.9. The molecule has 0 spiro atoms. The Morgan fingerprint density at radius 3 is 2.43 bits per heavy atom. The zero-order valence-electron chi connectivity index (χ0n) is 11.6. The number of aromatic nitrogens is 2. The van der Waals surface area contributed by atoms with Gasteiger partial charge in [-0.2, -0.15) is 0 Å². The molecule has 1 heterocycles. The van der Waals surface area contributed by atoms with Crippen LogP contribution >= 0.6 is 31.9 Å². The molecule has 0 aliphatic rings. The monoisotopic (exact) mass is 455 g/mol. The van der Waals surface area contributed by atoms with Crippen molar-refractivity contribution in [3.05, 3.63) is 33.1 Å². The van der Waals surface area contributed by atoms with Crippen LogP contribution in [0.3, 0.4) is 0 Å². The highest BCUT2D eigenvalue weighted by Gasteiger charge is 2.31. The zero-order valence-corrected chi connectivity index (χ0v) is 14.8. The Balaban J connectivity index is 2.52. The van der Waals surface area contributed by atoms with Crippen LogP contribution in [0.5, 0.6) is 11.5 Å². The average Bonchev–Trinajstić information content (AvgIpc) is 2.46. The molecule has 0 saturated heterocycles. The molecule has 2 N–H and O–H groups in total. The van der Waals surface area contributed by atoms with Crippen LogP contribution in [0, 0.1) is 0 Å². The number of nitrogens with two attached hydrogens (primary N) is 1. The van der Waals surface area contributed by atoms with Crippen LogP contribution in [0.25, 0.3) is 11.3 Å². The first-order chi connectivity index (χ1) is 10.7. The van der Waals surface area contributed by atoms with E-state index < -0.39 is 12.1 Å². The first kappa shape index (κ1) is 18.0. The lowest BCUT2D eigenvalue weighted by atomic mass is 10.1. The van der Waals surface area contributed by atoms with Gasteiger partial charge in [0.2, 0.25) is 0 Å². The van der Waals surface area contributed by atoms with Crippen molar-refractivity contribution < 1.29 is 22.6 Å². The molecule has 0 unspecified atom stereocenters. The Kier molecular flexibility index (Phi) is 5.48. The molecule has 10 heteroatoms. The number of hydrogen-bond acceptors (Lipinski definition) is 5. The highest BCUT2D eigenvalue weighted by molar-refractivity contribution is 9.11. The molecule has 124 valence electrons. The number of nitrogens with zero attached hydrogens (tertiary/aromatic N) is 2. The maximum atomic E-state index is 12.3. The summed E-state index contributed by atoms with van der Waals surface area (Å²) in [4.78, 5) is 8.55. The summed E-state index contributed by atoms with van der Waals surface area (Å²) in [5.74, 6) is -0.231. The minimum absolute atomic E-state index is 0.144. The van der Waals surface area contributed by atoms with Crippen molar-refractivity contribution in [2.45, 2.75) is 12.9 Å². The van der Waals surface area contributed by atoms with Crippen molar-refractivity contribution in [3.8, 4) is 22.8 Å². The fraction of sp³-hybridized carbons (Fsp3) is 0.231. The molecule has 0 radical (unpaired) electrons. The summed E-state index contributed by atoms with van der Waals surface area (Å²) in [5.41, 5.74) is 6.93. The normalized spacial score (nSPS) is 11.4. The molecule has 0 amide bonds. The van der Waals surface area contributed by atoms with E-state index in [1.54, 1.807) is 0 Å². The lowest BCUT2D eigenvalue weighted by molar-refractivity contribution is -0.274. The lowest BCUT2D eigenvalue weighted by Gasteiger charge is -2.14. The predicted molar refractivity (Wildman–Crippen MR) is 84.0 cm³/mol. The van der Waals surface area contributed by atoms with Gasteiger partial charge in [-0.15, -0.1) is 13.2 Å². The van der Waals surface area contributed by atoms with Crippen molar-refractivity contribution in [3.63, 3.8) is 0 Å². The third-order valence-electron chi connectivity index (χ3n) is 2.73. The molecule has 0 bridgehead atoms. The molecular formula is C13H10Br2F3N3O2. The van der Waals surface area contributed by atoms with Gasteiger partial charge in [0, 0.05) is 18.2 Å². The van der Waals surface area contributed by atoms with Crippen LogP contribution in [0.15, 0.2) is 27.4 Å². The third-order valence-corrected chi connectivity index (χ3v) is 3.92. The van der Waals surface area contributed by atoms with Crippen molar-refractivity contribution in [2.24, 2.45) is 5.73 Å². The second-order valence-electron chi connectivity index (χ2n) is 4.21. The van der Waals surface area contributed by atoms with Gasteiger partial charge in [-0.25, -0.2) is 9.97 Å². The van der Waals surface area contributed by atoms with E-state index >= 15 is 0 Å². The number of halogens is 5. The minimum atomic E-state index is -4.78. The Labute approximate surface area is 146 Å². The largest absolute Gasteiger partial charge is 0.573 e. The number of rotatable bonds is 4. The van der Waals surface area contributed by atoms with E-state index in [4.69, 9.17) is 10.5 Å². The van der Waals surface area contributed by atoms with Crippen LogP contribution in [0.2, 0.25) is 0 Å². The molecular weight excluding hydrogens is 447 g/mol. The van der Waals surface area contributed by atoms with E-state index in [1.807, 2.05) is 0 Å². The van der Waals surface area contributed by atoms with E-state index in [0.717, 1.165) is 6.07 Å². The van der Waals surface area contributed by atoms with Crippen LogP contribution in [-0.2, 0) is 6.54 Å². The van der Waals surface area contributed by atoms with Gasteiger partial charge in [-0.05, 0) is 44.0 Å². The maximum absolute atomic E-state index is 12.3.